The van der Waals surface area contributed by atoms with Gasteiger partial charge >= 0.3 is 0 Å². The van der Waals surface area contributed by atoms with Crippen molar-refractivity contribution >= 4 is 11.8 Å². The molecule has 0 aromatic heterocycles. The zero-order chi connectivity index (χ0) is 14.4. The van der Waals surface area contributed by atoms with E-state index in [1.807, 2.05) is 27.7 Å². The summed E-state index contributed by atoms with van der Waals surface area (Å²) in [6.07, 6.45) is 3.74. The molecule has 2 fully saturated rings. The fraction of sp³-hybridized carbons (Fsp3) is 0.733. The summed E-state index contributed by atoms with van der Waals surface area (Å²) in [5.74, 6) is 0.287. The molecule has 19 heavy (non-hydrogen) atoms. The smallest absolute Gasteiger partial charge is 0.246 e. The first-order chi connectivity index (χ1) is 8.72. The van der Waals surface area contributed by atoms with E-state index in [9.17, 15) is 9.59 Å². The molecule has 1 N–H and O–H groups in total. The van der Waals surface area contributed by atoms with Crippen LogP contribution in [0.3, 0.4) is 0 Å². The SMILES string of the molecule is C=CCN1C(=O)C(C(C)(C)C)NC(=O)C1(C)C1CC1. The van der Waals surface area contributed by atoms with Crippen molar-refractivity contribution < 1.29 is 9.59 Å². The predicted octanol–water partition coefficient (Wildman–Crippen LogP) is 1.71. The third kappa shape index (κ3) is 2.17. The monoisotopic (exact) mass is 264 g/mol. The summed E-state index contributed by atoms with van der Waals surface area (Å²) in [7, 11) is 0. The van der Waals surface area contributed by atoms with Crippen molar-refractivity contribution in [2.24, 2.45) is 11.3 Å². The molecule has 2 amide bonds. The Hall–Kier alpha value is -1.32. The van der Waals surface area contributed by atoms with E-state index in [4.69, 9.17) is 0 Å². The van der Waals surface area contributed by atoms with Crippen molar-refractivity contribution in [1.82, 2.24) is 10.2 Å². The molecule has 1 heterocycles. The van der Waals surface area contributed by atoms with Crippen LogP contribution in [-0.2, 0) is 9.59 Å². The average Bonchev–Trinajstić information content (AvgIpc) is 3.12. The number of hydrogen-bond donors (Lipinski definition) is 1. The number of rotatable bonds is 3. The van der Waals surface area contributed by atoms with Crippen molar-refractivity contribution in [2.45, 2.75) is 52.1 Å². The van der Waals surface area contributed by atoms with Crippen molar-refractivity contribution in [2.75, 3.05) is 6.54 Å². The molecule has 0 aromatic rings. The maximum absolute atomic E-state index is 12.7. The van der Waals surface area contributed by atoms with Gasteiger partial charge in [-0.15, -0.1) is 6.58 Å². The Morgan fingerprint density at radius 2 is 2.00 bits per heavy atom. The number of nitrogens with one attached hydrogen (secondary N) is 1. The lowest BCUT2D eigenvalue weighted by Crippen LogP contribution is -2.72. The van der Waals surface area contributed by atoms with Crippen LogP contribution in [0.25, 0.3) is 0 Å². The molecule has 2 rings (SSSR count). The van der Waals surface area contributed by atoms with Gasteiger partial charge in [-0.05, 0) is 31.1 Å². The van der Waals surface area contributed by atoms with Crippen molar-refractivity contribution in [3.05, 3.63) is 12.7 Å². The van der Waals surface area contributed by atoms with E-state index in [0.29, 0.717) is 6.54 Å². The highest BCUT2D eigenvalue weighted by atomic mass is 16.2. The Balaban J connectivity index is 2.37. The number of carbonyl (C=O) groups is 2. The second-order valence-corrected chi connectivity index (χ2v) is 6.93. The molecule has 106 valence electrons. The molecular weight excluding hydrogens is 240 g/mol. The molecule has 1 aliphatic heterocycles. The van der Waals surface area contributed by atoms with Crippen molar-refractivity contribution in [3.8, 4) is 0 Å². The lowest BCUT2D eigenvalue weighted by Gasteiger charge is -2.49. The molecular formula is C15H24N2O2. The summed E-state index contributed by atoms with van der Waals surface area (Å²) >= 11 is 0. The van der Waals surface area contributed by atoms with E-state index >= 15 is 0 Å². The average molecular weight is 264 g/mol. The van der Waals surface area contributed by atoms with E-state index < -0.39 is 11.6 Å². The second kappa shape index (κ2) is 4.36. The first kappa shape index (κ1) is 14.1. The highest BCUT2D eigenvalue weighted by Gasteiger charge is 2.58. The fourth-order valence-corrected chi connectivity index (χ4v) is 2.89. The Morgan fingerprint density at radius 3 is 2.42 bits per heavy atom. The van der Waals surface area contributed by atoms with Gasteiger partial charge < -0.3 is 10.2 Å². The molecule has 0 radical (unpaired) electrons. The maximum Gasteiger partial charge on any atom is 0.246 e. The molecule has 0 spiro atoms. The van der Waals surface area contributed by atoms with E-state index in [0.717, 1.165) is 12.8 Å². The zero-order valence-corrected chi connectivity index (χ0v) is 12.3. The van der Waals surface area contributed by atoms with E-state index in [1.54, 1.807) is 11.0 Å². The van der Waals surface area contributed by atoms with Gasteiger partial charge in [-0.2, -0.15) is 0 Å². The molecule has 1 saturated carbocycles. The number of carbonyl (C=O) groups excluding carboxylic acids is 2. The van der Waals surface area contributed by atoms with Crippen LogP contribution in [0.15, 0.2) is 12.7 Å². The highest BCUT2D eigenvalue weighted by Crippen LogP contribution is 2.45. The minimum absolute atomic E-state index is 0.0152. The number of amides is 2. The number of piperazine rings is 1. The summed E-state index contributed by atoms with van der Waals surface area (Å²) in [5, 5.41) is 2.94. The van der Waals surface area contributed by atoms with Gasteiger partial charge in [0.1, 0.15) is 11.6 Å². The molecule has 1 aliphatic carbocycles. The fourth-order valence-electron chi connectivity index (χ4n) is 2.89. The van der Waals surface area contributed by atoms with Gasteiger partial charge in [0.15, 0.2) is 0 Å². The molecule has 2 aliphatic rings. The quantitative estimate of drug-likeness (QED) is 0.789. The standard InChI is InChI=1S/C15H24N2O2/c1-6-9-17-12(18)11(14(2,3)4)16-13(19)15(17,5)10-7-8-10/h6,10-11H,1,7-9H2,2-5H3,(H,16,19). The normalized spacial score (nSPS) is 32.2. The summed E-state index contributed by atoms with van der Waals surface area (Å²) in [4.78, 5) is 27.0. The minimum atomic E-state index is -0.701. The molecule has 2 unspecified atom stereocenters. The molecule has 0 aromatic carbocycles. The molecule has 1 saturated heterocycles. The van der Waals surface area contributed by atoms with Crippen molar-refractivity contribution in [3.63, 3.8) is 0 Å². The van der Waals surface area contributed by atoms with E-state index in [1.165, 1.54) is 0 Å². The van der Waals surface area contributed by atoms with Crippen LogP contribution in [0.1, 0.15) is 40.5 Å². The maximum atomic E-state index is 12.7. The molecule has 4 heteroatoms. The first-order valence-electron chi connectivity index (χ1n) is 6.96. The van der Waals surface area contributed by atoms with Gasteiger partial charge in [0.2, 0.25) is 11.8 Å². The summed E-state index contributed by atoms with van der Waals surface area (Å²) < 4.78 is 0. The zero-order valence-electron chi connectivity index (χ0n) is 12.3. The lowest BCUT2D eigenvalue weighted by molar-refractivity contribution is -0.160. The molecule has 2 atom stereocenters. The van der Waals surface area contributed by atoms with Gasteiger partial charge in [0, 0.05) is 6.54 Å². The van der Waals surface area contributed by atoms with E-state index in [2.05, 4.69) is 11.9 Å². The second-order valence-electron chi connectivity index (χ2n) is 6.93. The lowest BCUT2D eigenvalue weighted by atomic mass is 9.80. The van der Waals surface area contributed by atoms with Crippen LogP contribution < -0.4 is 5.32 Å². The van der Waals surface area contributed by atoms with Crippen LogP contribution in [0.4, 0.5) is 0 Å². The van der Waals surface area contributed by atoms with Gasteiger partial charge in [0.05, 0.1) is 0 Å². The Labute approximate surface area is 115 Å². The summed E-state index contributed by atoms with van der Waals surface area (Å²) in [5.41, 5.74) is -0.982. The van der Waals surface area contributed by atoms with Crippen LogP contribution in [0.5, 0.6) is 0 Å². The topological polar surface area (TPSA) is 49.4 Å². The molecule has 0 bridgehead atoms. The first-order valence-corrected chi connectivity index (χ1v) is 6.96. The molecule has 4 nitrogen and oxygen atoms in total. The Morgan fingerprint density at radius 1 is 1.42 bits per heavy atom. The van der Waals surface area contributed by atoms with Crippen LogP contribution >= 0.6 is 0 Å². The third-order valence-electron chi connectivity index (χ3n) is 4.36. The van der Waals surface area contributed by atoms with Crippen LogP contribution in [0, 0.1) is 11.3 Å². The van der Waals surface area contributed by atoms with Gasteiger partial charge in [-0.3, -0.25) is 9.59 Å². The summed E-state index contributed by atoms with van der Waals surface area (Å²) in [6, 6.07) is -0.452. The number of nitrogens with zero attached hydrogens (tertiary/aromatic N) is 1. The van der Waals surface area contributed by atoms with Crippen LogP contribution in [-0.4, -0.2) is 34.8 Å². The van der Waals surface area contributed by atoms with Gasteiger partial charge in [0.25, 0.3) is 0 Å². The summed E-state index contributed by atoms with van der Waals surface area (Å²) in [6.45, 7) is 12.0. The largest absolute Gasteiger partial charge is 0.342 e. The highest BCUT2D eigenvalue weighted by molar-refractivity contribution is 6.00. The van der Waals surface area contributed by atoms with E-state index in [-0.39, 0.29) is 23.1 Å². The third-order valence-corrected chi connectivity index (χ3v) is 4.36. The van der Waals surface area contributed by atoms with Gasteiger partial charge in [-0.25, -0.2) is 0 Å². The van der Waals surface area contributed by atoms with Crippen LogP contribution in [0.2, 0.25) is 0 Å². The Kier molecular flexibility index (Phi) is 3.23. The number of hydrogen-bond acceptors (Lipinski definition) is 2. The minimum Gasteiger partial charge on any atom is -0.342 e. The van der Waals surface area contributed by atoms with Crippen molar-refractivity contribution in [1.29, 1.82) is 0 Å². The Bertz CT molecular complexity index is 420. The predicted molar refractivity (Wildman–Crippen MR) is 74.4 cm³/mol. The van der Waals surface area contributed by atoms with Gasteiger partial charge in [-0.1, -0.05) is 26.8 Å².